The highest BCUT2D eigenvalue weighted by atomic mass is 16.5. The quantitative estimate of drug-likeness (QED) is 0.869. The summed E-state index contributed by atoms with van der Waals surface area (Å²) in [6.45, 7) is 6.04. The van der Waals surface area contributed by atoms with E-state index in [0.717, 1.165) is 37.4 Å². The highest BCUT2D eigenvalue weighted by Gasteiger charge is 2.16. The average Bonchev–Trinajstić information content (AvgIpc) is 2.41. The highest BCUT2D eigenvalue weighted by molar-refractivity contribution is 5.90. The third kappa shape index (κ3) is 4.85. The number of carbonyl (C=O) groups excluding carboxylic acids is 1. The van der Waals surface area contributed by atoms with Crippen LogP contribution in [0.25, 0.3) is 0 Å². The van der Waals surface area contributed by atoms with Crippen molar-refractivity contribution in [1.29, 1.82) is 0 Å². The van der Waals surface area contributed by atoms with Crippen LogP contribution in [-0.4, -0.2) is 25.1 Å². The van der Waals surface area contributed by atoms with Gasteiger partial charge in [-0.25, -0.2) is 0 Å². The van der Waals surface area contributed by atoms with Crippen molar-refractivity contribution in [3.8, 4) is 5.75 Å². The molecule has 2 N–H and O–H groups in total. The number of piperidine rings is 1. The van der Waals surface area contributed by atoms with Crippen molar-refractivity contribution in [2.45, 2.75) is 39.2 Å². The van der Waals surface area contributed by atoms with Crippen LogP contribution >= 0.6 is 0 Å². The van der Waals surface area contributed by atoms with Crippen LogP contribution in [0.15, 0.2) is 24.3 Å². The summed E-state index contributed by atoms with van der Waals surface area (Å²) in [5.74, 6) is 1.45. The number of hydrogen-bond donors (Lipinski definition) is 2. The van der Waals surface area contributed by atoms with Gasteiger partial charge in [0.1, 0.15) is 5.75 Å². The summed E-state index contributed by atoms with van der Waals surface area (Å²) in [7, 11) is 0. The van der Waals surface area contributed by atoms with Gasteiger partial charge in [0, 0.05) is 12.1 Å². The first-order valence-electron chi connectivity index (χ1n) is 7.41. The van der Waals surface area contributed by atoms with Gasteiger partial charge in [-0.2, -0.15) is 0 Å². The van der Waals surface area contributed by atoms with Gasteiger partial charge in [-0.3, -0.25) is 4.79 Å². The molecule has 0 unspecified atom stereocenters. The molecule has 0 aromatic heterocycles. The van der Waals surface area contributed by atoms with E-state index >= 15 is 0 Å². The van der Waals surface area contributed by atoms with Crippen molar-refractivity contribution in [2.24, 2.45) is 5.92 Å². The number of amides is 1. The monoisotopic (exact) mass is 276 g/mol. The molecule has 1 aromatic rings. The van der Waals surface area contributed by atoms with Gasteiger partial charge in [-0.15, -0.1) is 0 Å². The van der Waals surface area contributed by atoms with E-state index in [0.29, 0.717) is 12.3 Å². The zero-order valence-electron chi connectivity index (χ0n) is 12.3. The molecule has 1 aromatic carbocycles. The van der Waals surface area contributed by atoms with Gasteiger partial charge in [-0.05, 0) is 70.0 Å². The molecule has 1 heterocycles. The molecule has 110 valence electrons. The Morgan fingerprint density at radius 3 is 2.55 bits per heavy atom. The maximum absolute atomic E-state index is 12.0. The smallest absolute Gasteiger partial charge is 0.224 e. The topological polar surface area (TPSA) is 50.4 Å². The van der Waals surface area contributed by atoms with Gasteiger partial charge in [0.15, 0.2) is 0 Å². The standard InChI is InChI=1S/C16H24N2O2/c1-12(2)20-15-5-3-14(4-6-15)18-16(19)11-13-7-9-17-10-8-13/h3-6,12-13,17H,7-11H2,1-2H3,(H,18,19). The molecular weight excluding hydrogens is 252 g/mol. The Balaban J connectivity index is 1.81. The van der Waals surface area contributed by atoms with E-state index in [1.165, 1.54) is 0 Å². The number of ether oxygens (including phenoxy) is 1. The number of benzene rings is 1. The Morgan fingerprint density at radius 1 is 1.30 bits per heavy atom. The minimum Gasteiger partial charge on any atom is -0.491 e. The molecule has 0 atom stereocenters. The van der Waals surface area contributed by atoms with Crippen LogP contribution < -0.4 is 15.4 Å². The highest BCUT2D eigenvalue weighted by Crippen LogP contribution is 2.19. The van der Waals surface area contributed by atoms with Crippen LogP contribution in [0.2, 0.25) is 0 Å². The number of hydrogen-bond acceptors (Lipinski definition) is 3. The van der Waals surface area contributed by atoms with Crippen LogP contribution in [0.5, 0.6) is 5.75 Å². The van der Waals surface area contributed by atoms with Gasteiger partial charge in [0.25, 0.3) is 0 Å². The molecule has 4 heteroatoms. The normalized spacial score (nSPS) is 16.1. The SMILES string of the molecule is CC(C)Oc1ccc(NC(=O)CC2CCNCC2)cc1. The first-order chi connectivity index (χ1) is 9.63. The van der Waals surface area contributed by atoms with Crippen LogP contribution in [-0.2, 0) is 4.79 Å². The molecule has 0 radical (unpaired) electrons. The summed E-state index contributed by atoms with van der Waals surface area (Å²) >= 11 is 0. The molecule has 1 amide bonds. The molecule has 0 spiro atoms. The Morgan fingerprint density at radius 2 is 1.95 bits per heavy atom. The minimum atomic E-state index is 0.106. The molecule has 0 aliphatic carbocycles. The first kappa shape index (κ1) is 14.9. The number of anilines is 1. The van der Waals surface area contributed by atoms with E-state index in [2.05, 4.69) is 10.6 Å². The van der Waals surface area contributed by atoms with E-state index in [-0.39, 0.29) is 12.0 Å². The molecule has 1 aliphatic rings. The van der Waals surface area contributed by atoms with E-state index < -0.39 is 0 Å². The lowest BCUT2D eigenvalue weighted by atomic mass is 9.94. The predicted molar refractivity (Wildman–Crippen MR) is 81.0 cm³/mol. The fourth-order valence-corrected chi connectivity index (χ4v) is 2.45. The number of carbonyl (C=O) groups is 1. The van der Waals surface area contributed by atoms with Crippen molar-refractivity contribution >= 4 is 11.6 Å². The van der Waals surface area contributed by atoms with Crippen molar-refractivity contribution in [2.75, 3.05) is 18.4 Å². The number of rotatable bonds is 5. The predicted octanol–water partition coefficient (Wildman–Crippen LogP) is 2.80. The Bertz CT molecular complexity index is 423. The molecule has 4 nitrogen and oxygen atoms in total. The van der Waals surface area contributed by atoms with Crippen LogP contribution in [0.1, 0.15) is 33.1 Å². The van der Waals surface area contributed by atoms with E-state index in [9.17, 15) is 4.79 Å². The third-order valence-electron chi connectivity index (χ3n) is 3.44. The molecule has 1 saturated heterocycles. The lowest BCUT2D eigenvalue weighted by Gasteiger charge is -2.21. The van der Waals surface area contributed by atoms with Crippen molar-refractivity contribution < 1.29 is 9.53 Å². The summed E-state index contributed by atoms with van der Waals surface area (Å²) in [5.41, 5.74) is 0.833. The summed E-state index contributed by atoms with van der Waals surface area (Å²) in [6, 6.07) is 7.55. The van der Waals surface area contributed by atoms with E-state index in [1.807, 2.05) is 38.1 Å². The largest absolute Gasteiger partial charge is 0.491 e. The van der Waals surface area contributed by atoms with Crippen LogP contribution in [0.4, 0.5) is 5.69 Å². The van der Waals surface area contributed by atoms with Gasteiger partial charge in [0.05, 0.1) is 6.10 Å². The molecule has 0 bridgehead atoms. The zero-order valence-corrected chi connectivity index (χ0v) is 12.3. The van der Waals surface area contributed by atoms with Crippen LogP contribution in [0, 0.1) is 5.92 Å². The second-order valence-electron chi connectivity index (χ2n) is 5.64. The third-order valence-corrected chi connectivity index (χ3v) is 3.44. The number of nitrogens with one attached hydrogen (secondary N) is 2. The maximum atomic E-state index is 12.0. The van der Waals surface area contributed by atoms with Crippen LogP contribution in [0.3, 0.4) is 0 Å². The summed E-state index contributed by atoms with van der Waals surface area (Å²) < 4.78 is 5.58. The van der Waals surface area contributed by atoms with Gasteiger partial charge in [-0.1, -0.05) is 0 Å². The molecule has 20 heavy (non-hydrogen) atoms. The second kappa shape index (κ2) is 7.29. The Hall–Kier alpha value is -1.55. The molecular formula is C16H24N2O2. The molecule has 1 aliphatic heterocycles. The summed E-state index contributed by atoms with van der Waals surface area (Å²) in [6.07, 6.45) is 2.96. The zero-order chi connectivity index (χ0) is 14.4. The summed E-state index contributed by atoms with van der Waals surface area (Å²) in [4.78, 5) is 12.0. The van der Waals surface area contributed by atoms with E-state index in [4.69, 9.17) is 4.74 Å². The van der Waals surface area contributed by atoms with Gasteiger partial charge >= 0.3 is 0 Å². The van der Waals surface area contributed by atoms with Gasteiger partial charge < -0.3 is 15.4 Å². The fourth-order valence-electron chi connectivity index (χ4n) is 2.45. The molecule has 2 rings (SSSR count). The minimum absolute atomic E-state index is 0.106. The maximum Gasteiger partial charge on any atom is 0.224 e. The van der Waals surface area contributed by atoms with Gasteiger partial charge in [0.2, 0.25) is 5.91 Å². The summed E-state index contributed by atoms with van der Waals surface area (Å²) in [5, 5.41) is 6.27. The lowest BCUT2D eigenvalue weighted by Crippen LogP contribution is -2.30. The van der Waals surface area contributed by atoms with Crippen molar-refractivity contribution in [3.63, 3.8) is 0 Å². The second-order valence-corrected chi connectivity index (χ2v) is 5.64. The fraction of sp³-hybridized carbons (Fsp3) is 0.562. The first-order valence-corrected chi connectivity index (χ1v) is 7.41. The van der Waals surface area contributed by atoms with Crippen molar-refractivity contribution in [3.05, 3.63) is 24.3 Å². The molecule has 1 fully saturated rings. The Kier molecular flexibility index (Phi) is 5.41. The average molecular weight is 276 g/mol. The molecule has 0 saturated carbocycles. The Labute approximate surface area is 120 Å². The van der Waals surface area contributed by atoms with E-state index in [1.54, 1.807) is 0 Å². The lowest BCUT2D eigenvalue weighted by molar-refractivity contribution is -0.117. The van der Waals surface area contributed by atoms with Crippen molar-refractivity contribution in [1.82, 2.24) is 5.32 Å².